The van der Waals surface area contributed by atoms with Crippen molar-refractivity contribution in [3.05, 3.63) is 0 Å². The lowest BCUT2D eigenvalue weighted by Gasteiger charge is -2.20. The second-order valence-corrected chi connectivity index (χ2v) is 4.46. The third-order valence-corrected chi connectivity index (χ3v) is 2.32. The van der Waals surface area contributed by atoms with Crippen molar-refractivity contribution in [1.29, 1.82) is 0 Å². The number of carboxylic acid groups (broad SMARTS) is 6. The average molecular weight is 395 g/mol. The Hall–Kier alpha value is -3.26. The molecule has 5 N–H and O–H groups in total. The zero-order valence-corrected chi connectivity index (χ0v) is 13.0. The molecule has 2 atom stereocenters. The fourth-order valence-electron chi connectivity index (χ4n) is 1.24. The number of hydrogen-bond acceptors (Lipinski definition) is 11. The van der Waals surface area contributed by atoms with Gasteiger partial charge in [0.1, 0.15) is 6.04 Å². The molecule has 156 valence electrons. The van der Waals surface area contributed by atoms with E-state index in [-0.39, 0.29) is 7.43 Å². The first kappa shape index (κ1) is 28.5. The molecule has 2 unspecified atom stereocenters. The fourth-order valence-corrected chi connectivity index (χ4v) is 1.24. The van der Waals surface area contributed by atoms with Crippen LogP contribution in [0.2, 0.25) is 0 Å². The topological polar surface area (TPSA) is 256 Å². The molecule has 0 radical (unpaired) electrons. The van der Waals surface area contributed by atoms with Gasteiger partial charge in [-0.25, -0.2) is 0 Å². The summed E-state index contributed by atoms with van der Waals surface area (Å²) in [5.74, 6) is -8.78. The number of nitrogens with one attached hydrogen (secondary N) is 2. The monoisotopic (exact) mass is 395 g/mol. The predicted octanol–water partition coefficient (Wildman–Crippen LogP) is -6.19. The molecule has 0 saturated carbocycles. The number of carboxylic acids is 6. The molecule has 14 nitrogen and oxygen atoms in total. The van der Waals surface area contributed by atoms with E-state index in [1.165, 1.54) is 0 Å². The van der Waals surface area contributed by atoms with Gasteiger partial charge in [0.2, 0.25) is 0 Å². The number of hydrogen-bond donors (Lipinski definition) is 5. The van der Waals surface area contributed by atoms with Crippen molar-refractivity contribution in [2.45, 2.75) is 32.4 Å². The minimum absolute atomic E-state index is 0. The van der Waals surface area contributed by atoms with Gasteiger partial charge in [-0.3, -0.25) is 19.7 Å². The summed E-state index contributed by atoms with van der Waals surface area (Å²) in [7, 11) is 0. The Bertz CT molecular complexity index is 499. The zero-order chi connectivity index (χ0) is 20.9. The minimum atomic E-state index is -1.70. The van der Waals surface area contributed by atoms with E-state index < -0.39 is 73.8 Å². The summed E-state index contributed by atoms with van der Waals surface area (Å²) in [6.45, 7) is -1.34. The quantitative estimate of drug-likeness (QED) is 0.206. The van der Waals surface area contributed by atoms with Crippen molar-refractivity contribution in [1.82, 2.24) is 10.6 Å². The van der Waals surface area contributed by atoms with Crippen LogP contribution in [-0.2, 0) is 28.8 Å². The first-order valence-corrected chi connectivity index (χ1v) is 6.60. The Kier molecular flexibility index (Phi) is 15.9. The number of rotatable bonds is 12. The van der Waals surface area contributed by atoms with Crippen LogP contribution in [0.15, 0.2) is 0 Å². The summed E-state index contributed by atoms with van der Waals surface area (Å²) in [4.78, 5) is 60.4. The molecule has 0 rings (SSSR count). The van der Waals surface area contributed by atoms with Crippen LogP contribution in [0, 0.1) is 0 Å². The fraction of sp³-hybridized carbons (Fsp3) is 0.538. The van der Waals surface area contributed by atoms with Crippen LogP contribution in [0.5, 0.6) is 0 Å². The first-order chi connectivity index (χ1) is 11.9. The van der Waals surface area contributed by atoms with Crippen LogP contribution in [0.25, 0.3) is 0 Å². The normalized spacial score (nSPS) is 11.6. The van der Waals surface area contributed by atoms with Crippen LogP contribution in [-0.4, -0.2) is 76.3 Å². The van der Waals surface area contributed by atoms with Crippen molar-refractivity contribution >= 4 is 35.8 Å². The molecule has 0 aromatic heterocycles. The largest absolute Gasteiger partial charge is 0.550 e. The maximum atomic E-state index is 10.3. The molecule has 0 fully saturated rings. The van der Waals surface area contributed by atoms with Crippen molar-refractivity contribution in [2.75, 3.05) is 13.1 Å². The molecule has 0 amide bonds. The summed E-state index contributed by atoms with van der Waals surface area (Å²) in [6, 6.07) is -2.95. The standard InChI is InChI=1S/2C6H9NO6.CH4/c2*8-4(9)1-3(6(12)13)7-2-5(10)11;/h2*3,7H,1-2H2,(H,8,9)(H,10,11)(H,12,13);1H4/p-3. The Balaban J connectivity index is -0.000000411. The maximum absolute atomic E-state index is 10.3. The van der Waals surface area contributed by atoms with Gasteiger partial charge in [-0.15, -0.1) is 0 Å². The maximum Gasteiger partial charge on any atom is 0.321 e. The number of carbonyl (C=O) groups is 6. The lowest BCUT2D eigenvalue weighted by atomic mass is 10.2. The second-order valence-electron chi connectivity index (χ2n) is 4.46. The molecule has 0 spiro atoms. The van der Waals surface area contributed by atoms with Crippen LogP contribution in [0.4, 0.5) is 0 Å². The summed E-state index contributed by atoms with van der Waals surface area (Å²) < 4.78 is 0. The van der Waals surface area contributed by atoms with Gasteiger partial charge in [0.25, 0.3) is 0 Å². The Labute approximate surface area is 152 Å². The second kappa shape index (κ2) is 15.0. The van der Waals surface area contributed by atoms with Crippen molar-refractivity contribution < 1.29 is 59.4 Å². The van der Waals surface area contributed by atoms with Crippen LogP contribution < -0.4 is 26.0 Å². The van der Waals surface area contributed by atoms with Gasteiger partial charge in [-0.2, -0.15) is 0 Å². The van der Waals surface area contributed by atoms with Gasteiger partial charge < -0.3 is 50.3 Å². The molecule has 0 heterocycles. The first-order valence-electron chi connectivity index (χ1n) is 6.60. The smallest absolute Gasteiger partial charge is 0.321 e. The molecule has 0 aromatic rings. The molecule has 0 aliphatic heterocycles. The molecule has 0 aromatic carbocycles. The van der Waals surface area contributed by atoms with E-state index >= 15 is 0 Å². The lowest BCUT2D eigenvalue weighted by molar-refractivity contribution is -0.318. The minimum Gasteiger partial charge on any atom is -0.550 e. The van der Waals surface area contributed by atoms with Gasteiger partial charge in [-0.1, -0.05) is 7.43 Å². The molecular formula is C13H19N2O12-3. The van der Waals surface area contributed by atoms with Gasteiger partial charge in [0.15, 0.2) is 0 Å². The third-order valence-electron chi connectivity index (χ3n) is 2.32. The highest BCUT2D eigenvalue weighted by Crippen LogP contribution is 1.91. The van der Waals surface area contributed by atoms with Crippen LogP contribution in [0.1, 0.15) is 20.3 Å². The van der Waals surface area contributed by atoms with Gasteiger partial charge in [0.05, 0.1) is 30.9 Å². The summed E-state index contributed by atoms with van der Waals surface area (Å²) in [5.41, 5.74) is 0. The number of carbonyl (C=O) groups excluding carboxylic acids is 3. The molecular weight excluding hydrogens is 376 g/mol. The molecule has 14 heteroatoms. The highest BCUT2D eigenvalue weighted by Gasteiger charge is 2.20. The Morgan fingerprint density at radius 2 is 1.19 bits per heavy atom. The Morgan fingerprint density at radius 3 is 1.48 bits per heavy atom. The van der Waals surface area contributed by atoms with E-state index in [1.807, 2.05) is 5.32 Å². The summed E-state index contributed by atoms with van der Waals surface area (Å²) in [6.07, 6.45) is -1.50. The van der Waals surface area contributed by atoms with E-state index in [9.17, 15) is 44.1 Å². The highest BCUT2D eigenvalue weighted by atomic mass is 16.4. The van der Waals surface area contributed by atoms with E-state index in [1.54, 1.807) is 0 Å². The average Bonchev–Trinajstić information content (AvgIpc) is 2.46. The molecule has 0 aliphatic rings. The molecule has 0 aliphatic carbocycles. The van der Waals surface area contributed by atoms with Gasteiger partial charge in [-0.05, 0) is 0 Å². The predicted molar refractivity (Wildman–Crippen MR) is 77.5 cm³/mol. The van der Waals surface area contributed by atoms with Crippen molar-refractivity contribution in [3.8, 4) is 0 Å². The molecule has 27 heavy (non-hydrogen) atoms. The van der Waals surface area contributed by atoms with Gasteiger partial charge >= 0.3 is 17.9 Å². The van der Waals surface area contributed by atoms with Gasteiger partial charge in [0, 0.05) is 18.9 Å². The summed E-state index contributed by atoms with van der Waals surface area (Å²) in [5, 5.41) is 58.8. The van der Waals surface area contributed by atoms with E-state index in [4.69, 9.17) is 15.3 Å². The lowest BCUT2D eigenvalue weighted by Crippen LogP contribution is -2.51. The van der Waals surface area contributed by atoms with E-state index in [2.05, 4.69) is 5.32 Å². The third kappa shape index (κ3) is 18.9. The Morgan fingerprint density at radius 1 is 0.704 bits per heavy atom. The highest BCUT2D eigenvalue weighted by molar-refractivity contribution is 5.81. The van der Waals surface area contributed by atoms with Crippen LogP contribution >= 0.6 is 0 Å². The van der Waals surface area contributed by atoms with Crippen LogP contribution in [0.3, 0.4) is 0 Å². The van der Waals surface area contributed by atoms with E-state index in [0.717, 1.165) is 0 Å². The SMILES string of the molecule is C.O=C(O)CNC(CC(=O)O)C(=O)O.O=C([O-])CNC(CC(=O)[O-])C(=O)[O-]. The molecule has 0 bridgehead atoms. The number of aliphatic carboxylic acids is 6. The van der Waals surface area contributed by atoms with Crippen molar-refractivity contribution in [3.63, 3.8) is 0 Å². The molecule has 0 saturated heterocycles. The summed E-state index contributed by atoms with van der Waals surface area (Å²) >= 11 is 0. The zero-order valence-electron chi connectivity index (χ0n) is 13.0. The van der Waals surface area contributed by atoms with Crippen molar-refractivity contribution in [2.24, 2.45) is 0 Å². The van der Waals surface area contributed by atoms with E-state index in [0.29, 0.717) is 0 Å².